The largest absolute Gasteiger partial charge is 0.462 e. The first-order valence-corrected chi connectivity index (χ1v) is 25.1. The molecule has 0 aromatic heterocycles. The van der Waals surface area contributed by atoms with E-state index in [9.17, 15) is 14.4 Å². The number of carbonyl (C=O) groups excluding carboxylic acids is 3. The molecular formula is C57H90O6. The highest BCUT2D eigenvalue weighted by atomic mass is 16.6. The molecule has 0 bridgehead atoms. The Morgan fingerprint density at radius 3 is 1.17 bits per heavy atom. The second kappa shape index (κ2) is 50.5. The van der Waals surface area contributed by atoms with Crippen molar-refractivity contribution in [1.82, 2.24) is 0 Å². The van der Waals surface area contributed by atoms with Crippen LogP contribution in [0.2, 0.25) is 0 Å². The van der Waals surface area contributed by atoms with Crippen molar-refractivity contribution in [3.63, 3.8) is 0 Å². The zero-order chi connectivity index (χ0) is 45.8. The van der Waals surface area contributed by atoms with Crippen LogP contribution in [0.4, 0.5) is 0 Å². The Morgan fingerprint density at radius 2 is 0.698 bits per heavy atom. The van der Waals surface area contributed by atoms with Gasteiger partial charge in [-0.25, -0.2) is 0 Å². The maximum atomic E-state index is 12.8. The minimum absolute atomic E-state index is 0.115. The van der Waals surface area contributed by atoms with Crippen LogP contribution in [-0.4, -0.2) is 37.2 Å². The van der Waals surface area contributed by atoms with Crippen LogP contribution < -0.4 is 0 Å². The predicted octanol–water partition coefficient (Wildman–Crippen LogP) is 16.5. The molecule has 0 rings (SSSR count). The van der Waals surface area contributed by atoms with Crippen LogP contribution in [0.3, 0.4) is 0 Å². The molecule has 0 aliphatic carbocycles. The third-order valence-corrected chi connectivity index (χ3v) is 10.1. The number of allylic oxidation sites excluding steroid dienone is 20. The Kier molecular flexibility index (Phi) is 47.1. The molecule has 0 fully saturated rings. The predicted molar refractivity (Wildman–Crippen MR) is 269 cm³/mol. The molecule has 0 N–H and O–H groups in total. The van der Waals surface area contributed by atoms with E-state index in [0.717, 1.165) is 128 Å². The lowest BCUT2D eigenvalue weighted by molar-refractivity contribution is -0.167. The van der Waals surface area contributed by atoms with E-state index < -0.39 is 6.10 Å². The quantitative estimate of drug-likeness (QED) is 0.0200. The van der Waals surface area contributed by atoms with E-state index in [1.54, 1.807) is 0 Å². The Bertz CT molecular complexity index is 1370. The van der Waals surface area contributed by atoms with Gasteiger partial charge in [-0.15, -0.1) is 0 Å². The van der Waals surface area contributed by atoms with Crippen LogP contribution in [-0.2, 0) is 28.6 Å². The standard InChI is InChI=1S/C57H90O6/c1-4-7-10-13-16-19-22-25-27-28-29-30-33-35-38-41-44-47-50-56(59)62-53-54(52-61-55(58)49-46-43-40-37-34-31-24-21-18-15-12-9-6-3)63-57(60)51-48-45-42-39-36-32-26-23-20-17-14-11-8-5-2/h8-9,11-12,15,17-18,20-22,24-32,34,54H,4-7,10,13-14,16,19,23,33,35-53H2,1-3H3/b11-8-,12-9-,18-15-,20-17-,24-21-,25-22-,28-27-,30-29-,32-26-,34-31-. The number of hydrogen-bond donors (Lipinski definition) is 0. The van der Waals surface area contributed by atoms with Crippen molar-refractivity contribution >= 4 is 17.9 Å². The summed E-state index contributed by atoms with van der Waals surface area (Å²) in [4.78, 5) is 37.9. The molecule has 0 heterocycles. The van der Waals surface area contributed by atoms with Gasteiger partial charge in [0.05, 0.1) is 0 Å². The summed E-state index contributed by atoms with van der Waals surface area (Å²) in [5.74, 6) is -1.00. The van der Waals surface area contributed by atoms with Gasteiger partial charge in [-0.05, 0) is 96.3 Å². The molecule has 0 saturated carbocycles. The number of ether oxygens (including phenoxy) is 3. The second-order valence-corrected chi connectivity index (χ2v) is 16.1. The molecule has 6 nitrogen and oxygen atoms in total. The summed E-state index contributed by atoms with van der Waals surface area (Å²) in [5, 5.41) is 0. The normalized spacial score (nSPS) is 13.1. The van der Waals surface area contributed by atoms with E-state index in [-0.39, 0.29) is 37.5 Å². The molecule has 0 saturated heterocycles. The molecule has 1 atom stereocenters. The minimum Gasteiger partial charge on any atom is -0.462 e. The zero-order valence-electron chi connectivity index (χ0n) is 40.3. The van der Waals surface area contributed by atoms with E-state index in [2.05, 4.69) is 106 Å². The van der Waals surface area contributed by atoms with Crippen molar-refractivity contribution in [2.75, 3.05) is 13.2 Å². The van der Waals surface area contributed by atoms with Gasteiger partial charge in [0.15, 0.2) is 6.10 Å². The van der Waals surface area contributed by atoms with Gasteiger partial charge in [-0.3, -0.25) is 14.4 Å². The number of esters is 3. The Morgan fingerprint density at radius 1 is 0.349 bits per heavy atom. The molecule has 63 heavy (non-hydrogen) atoms. The first kappa shape index (κ1) is 58.8. The third-order valence-electron chi connectivity index (χ3n) is 10.1. The molecule has 0 aromatic rings. The molecule has 354 valence electrons. The monoisotopic (exact) mass is 871 g/mol. The van der Waals surface area contributed by atoms with E-state index in [1.165, 1.54) is 32.1 Å². The average Bonchev–Trinajstić information content (AvgIpc) is 3.28. The fourth-order valence-electron chi connectivity index (χ4n) is 6.35. The number of unbranched alkanes of at least 4 members (excludes halogenated alkanes) is 17. The zero-order valence-corrected chi connectivity index (χ0v) is 40.3. The summed E-state index contributed by atoms with van der Waals surface area (Å²) in [6.45, 7) is 6.27. The first-order valence-electron chi connectivity index (χ1n) is 25.1. The summed E-state index contributed by atoms with van der Waals surface area (Å²) in [6, 6.07) is 0. The smallest absolute Gasteiger partial charge is 0.306 e. The first-order chi connectivity index (χ1) is 31.0. The lowest BCUT2D eigenvalue weighted by Crippen LogP contribution is -2.30. The number of rotatable bonds is 43. The summed E-state index contributed by atoms with van der Waals surface area (Å²) in [6.07, 6.45) is 68.9. The van der Waals surface area contributed by atoms with E-state index in [1.807, 2.05) is 36.5 Å². The Balaban J connectivity index is 4.53. The lowest BCUT2D eigenvalue weighted by Gasteiger charge is -2.18. The molecule has 0 amide bonds. The second-order valence-electron chi connectivity index (χ2n) is 16.1. The topological polar surface area (TPSA) is 78.9 Å². The van der Waals surface area contributed by atoms with Crippen LogP contribution in [0, 0.1) is 0 Å². The fourth-order valence-corrected chi connectivity index (χ4v) is 6.35. The molecule has 6 heteroatoms. The van der Waals surface area contributed by atoms with Crippen LogP contribution in [0.25, 0.3) is 0 Å². The summed E-state index contributed by atoms with van der Waals surface area (Å²) < 4.78 is 16.7. The fraction of sp³-hybridized carbons (Fsp3) is 0.596. The molecule has 0 radical (unpaired) electrons. The summed E-state index contributed by atoms with van der Waals surface area (Å²) in [7, 11) is 0. The molecular weight excluding hydrogens is 781 g/mol. The highest BCUT2D eigenvalue weighted by Gasteiger charge is 2.19. The van der Waals surface area contributed by atoms with Gasteiger partial charge in [-0.1, -0.05) is 206 Å². The van der Waals surface area contributed by atoms with E-state index >= 15 is 0 Å². The van der Waals surface area contributed by atoms with Crippen LogP contribution in [0.15, 0.2) is 122 Å². The van der Waals surface area contributed by atoms with E-state index in [4.69, 9.17) is 14.2 Å². The third kappa shape index (κ3) is 48.7. The van der Waals surface area contributed by atoms with Gasteiger partial charge >= 0.3 is 17.9 Å². The minimum atomic E-state index is -0.817. The number of carbonyl (C=O) groups is 3. The molecule has 0 aromatic carbocycles. The summed E-state index contributed by atoms with van der Waals surface area (Å²) in [5.41, 5.74) is 0. The van der Waals surface area contributed by atoms with E-state index in [0.29, 0.717) is 12.8 Å². The summed E-state index contributed by atoms with van der Waals surface area (Å²) >= 11 is 0. The lowest BCUT2D eigenvalue weighted by atomic mass is 10.1. The van der Waals surface area contributed by atoms with Crippen LogP contribution in [0.5, 0.6) is 0 Å². The Labute approximate surface area is 386 Å². The van der Waals surface area contributed by atoms with Crippen molar-refractivity contribution in [2.24, 2.45) is 0 Å². The van der Waals surface area contributed by atoms with Gasteiger partial charge in [0.25, 0.3) is 0 Å². The molecule has 0 spiro atoms. The maximum absolute atomic E-state index is 12.8. The Hall–Kier alpha value is -4.19. The molecule has 1 unspecified atom stereocenters. The SMILES string of the molecule is CC\C=C/C=C\C=C/C=C\CCCCCC(=O)OCC(COC(=O)CCCCCCC\C=C/C=C\C=C/CCCCCCC)OC(=O)CCCCCC/C=C\C/C=C\C/C=C\CC. The maximum Gasteiger partial charge on any atom is 0.306 e. The van der Waals surface area contributed by atoms with Gasteiger partial charge in [0, 0.05) is 19.3 Å². The van der Waals surface area contributed by atoms with Gasteiger partial charge < -0.3 is 14.2 Å². The van der Waals surface area contributed by atoms with Crippen molar-refractivity contribution in [2.45, 2.75) is 207 Å². The molecule has 0 aliphatic heterocycles. The van der Waals surface area contributed by atoms with Crippen molar-refractivity contribution in [3.8, 4) is 0 Å². The highest BCUT2D eigenvalue weighted by molar-refractivity contribution is 5.71. The van der Waals surface area contributed by atoms with Gasteiger partial charge in [0.2, 0.25) is 0 Å². The highest BCUT2D eigenvalue weighted by Crippen LogP contribution is 2.12. The van der Waals surface area contributed by atoms with Crippen molar-refractivity contribution < 1.29 is 28.6 Å². The number of hydrogen-bond acceptors (Lipinski definition) is 6. The van der Waals surface area contributed by atoms with Crippen molar-refractivity contribution in [1.29, 1.82) is 0 Å². The van der Waals surface area contributed by atoms with Gasteiger partial charge in [-0.2, -0.15) is 0 Å². The van der Waals surface area contributed by atoms with Crippen molar-refractivity contribution in [3.05, 3.63) is 122 Å². The van der Waals surface area contributed by atoms with Crippen LogP contribution >= 0.6 is 0 Å². The van der Waals surface area contributed by atoms with Gasteiger partial charge in [0.1, 0.15) is 13.2 Å². The average molecular weight is 871 g/mol. The molecule has 0 aliphatic rings. The van der Waals surface area contributed by atoms with Crippen LogP contribution in [0.1, 0.15) is 201 Å².